The Hall–Kier alpha value is -0.870. The Labute approximate surface area is 119 Å². The molecule has 0 aliphatic carbocycles. The zero-order valence-electron chi connectivity index (χ0n) is 11.9. The van der Waals surface area contributed by atoms with Crippen LogP contribution in [0.2, 0.25) is 0 Å². The van der Waals surface area contributed by atoms with E-state index >= 15 is 0 Å². The second-order valence-corrected chi connectivity index (χ2v) is 7.14. The van der Waals surface area contributed by atoms with Crippen molar-refractivity contribution in [1.29, 1.82) is 0 Å². The molecule has 0 bridgehead atoms. The summed E-state index contributed by atoms with van der Waals surface area (Å²) in [6.45, 7) is 9.58. The van der Waals surface area contributed by atoms with Crippen LogP contribution in [0.3, 0.4) is 0 Å². The minimum absolute atomic E-state index is 0.0275. The zero-order chi connectivity index (χ0) is 13.6. The van der Waals surface area contributed by atoms with Crippen molar-refractivity contribution in [2.24, 2.45) is 11.8 Å². The van der Waals surface area contributed by atoms with Crippen molar-refractivity contribution in [1.82, 2.24) is 10.2 Å². The monoisotopic (exact) mass is 278 g/mol. The number of fused-ring (bicyclic) bond motifs is 1. The molecule has 0 saturated carbocycles. The highest BCUT2D eigenvalue weighted by molar-refractivity contribution is 7.12. The molecule has 0 aromatic carbocycles. The Bertz CT molecular complexity index is 494. The molecule has 3 nitrogen and oxygen atoms in total. The SMILES string of the molecule is CCc1ccsc1C(=O)N1CC2CNCC2C1(C)C. The third-order valence-corrected chi connectivity index (χ3v) is 5.87. The molecule has 3 rings (SSSR count). The second-order valence-electron chi connectivity index (χ2n) is 6.22. The van der Waals surface area contributed by atoms with Crippen LogP contribution in [0.25, 0.3) is 0 Å². The van der Waals surface area contributed by atoms with E-state index in [4.69, 9.17) is 0 Å². The molecular formula is C15H22N2OS. The van der Waals surface area contributed by atoms with Crippen LogP contribution in [0.5, 0.6) is 0 Å². The lowest BCUT2D eigenvalue weighted by atomic mass is 9.85. The van der Waals surface area contributed by atoms with Crippen molar-refractivity contribution in [3.8, 4) is 0 Å². The molecule has 1 aromatic heterocycles. The number of nitrogens with zero attached hydrogens (tertiary/aromatic N) is 1. The summed E-state index contributed by atoms with van der Waals surface area (Å²) in [5.41, 5.74) is 1.17. The molecule has 3 heterocycles. The van der Waals surface area contributed by atoms with Gasteiger partial charge < -0.3 is 10.2 Å². The van der Waals surface area contributed by atoms with Gasteiger partial charge in [-0.05, 0) is 49.1 Å². The van der Waals surface area contributed by atoms with Gasteiger partial charge in [-0.3, -0.25) is 4.79 Å². The van der Waals surface area contributed by atoms with Gasteiger partial charge in [0.2, 0.25) is 0 Å². The van der Waals surface area contributed by atoms with Crippen molar-refractivity contribution < 1.29 is 4.79 Å². The van der Waals surface area contributed by atoms with Gasteiger partial charge in [-0.2, -0.15) is 0 Å². The van der Waals surface area contributed by atoms with Gasteiger partial charge in [-0.15, -0.1) is 11.3 Å². The summed E-state index contributed by atoms with van der Waals surface area (Å²) >= 11 is 1.59. The lowest BCUT2D eigenvalue weighted by molar-refractivity contribution is 0.0607. The summed E-state index contributed by atoms with van der Waals surface area (Å²) in [7, 11) is 0. The second kappa shape index (κ2) is 4.60. The molecule has 4 heteroatoms. The van der Waals surface area contributed by atoms with E-state index in [2.05, 4.69) is 37.1 Å². The summed E-state index contributed by atoms with van der Waals surface area (Å²) in [5.74, 6) is 1.47. The standard InChI is InChI=1S/C15H22N2OS/c1-4-10-5-6-19-13(10)14(18)17-9-11-7-16-8-12(11)15(17,2)3/h5-6,11-12,16H,4,7-9H2,1-3H3. The van der Waals surface area contributed by atoms with Gasteiger partial charge in [-0.1, -0.05) is 6.92 Å². The van der Waals surface area contributed by atoms with E-state index in [9.17, 15) is 4.79 Å². The first-order valence-electron chi connectivity index (χ1n) is 7.14. The van der Waals surface area contributed by atoms with E-state index in [1.54, 1.807) is 11.3 Å². The zero-order valence-corrected chi connectivity index (χ0v) is 12.7. The Balaban J connectivity index is 1.89. The summed E-state index contributed by atoms with van der Waals surface area (Å²) in [6.07, 6.45) is 0.938. The third-order valence-electron chi connectivity index (χ3n) is 4.93. The number of nitrogens with one attached hydrogen (secondary N) is 1. The van der Waals surface area contributed by atoms with Crippen LogP contribution in [-0.4, -0.2) is 36.0 Å². The number of rotatable bonds is 2. The van der Waals surface area contributed by atoms with Crippen molar-refractivity contribution >= 4 is 17.2 Å². The average Bonchev–Trinajstić information content (AvgIpc) is 3.06. The number of hydrogen-bond donors (Lipinski definition) is 1. The molecule has 1 aromatic rings. The van der Waals surface area contributed by atoms with E-state index in [0.29, 0.717) is 11.8 Å². The lowest BCUT2D eigenvalue weighted by Crippen LogP contribution is -2.47. The Kier molecular flexibility index (Phi) is 3.18. The first kappa shape index (κ1) is 13.1. The fourth-order valence-electron chi connectivity index (χ4n) is 3.69. The van der Waals surface area contributed by atoms with Gasteiger partial charge in [0.05, 0.1) is 4.88 Å². The fourth-order valence-corrected chi connectivity index (χ4v) is 4.63. The van der Waals surface area contributed by atoms with Crippen LogP contribution in [0.15, 0.2) is 11.4 Å². The van der Waals surface area contributed by atoms with Crippen molar-refractivity contribution in [3.63, 3.8) is 0 Å². The van der Waals surface area contributed by atoms with E-state index < -0.39 is 0 Å². The fraction of sp³-hybridized carbons (Fsp3) is 0.667. The van der Waals surface area contributed by atoms with Crippen LogP contribution in [0, 0.1) is 11.8 Å². The van der Waals surface area contributed by atoms with Gasteiger partial charge in [0.25, 0.3) is 5.91 Å². The number of amides is 1. The van der Waals surface area contributed by atoms with Gasteiger partial charge >= 0.3 is 0 Å². The Morgan fingerprint density at radius 3 is 3.00 bits per heavy atom. The molecule has 2 fully saturated rings. The molecule has 1 amide bonds. The van der Waals surface area contributed by atoms with Crippen LogP contribution in [0.4, 0.5) is 0 Å². The Morgan fingerprint density at radius 1 is 1.53 bits per heavy atom. The van der Waals surface area contributed by atoms with Crippen LogP contribution >= 0.6 is 11.3 Å². The molecule has 0 radical (unpaired) electrons. The minimum atomic E-state index is -0.0275. The maximum Gasteiger partial charge on any atom is 0.264 e. The molecule has 2 unspecified atom stereocenters. The van der Waals surface area contributed by atoms with Gasteiger partial charge in [0.1, 0.15) is 0 Å². The smallest absolute Gasteiger partial charge is 0.264 e. The van der Waals surface area contributed by atoms with E-state index in [0.717, 1.165) is 30.9 Å². The molecule has 2 atom stereocenters. The number of carbonyl (C=O) groups excluding carboxylic acids is 1. The first-order chi connectivity index (χ1) is 9.05. The van der Waals surface area contributed by atoms with Crippen LogP contribution in [0.1, 0.15) is 36.0 Å². The lowest BCUT2D eigenvalue weighted by Gasteiger charge is -2.35. The highest BCUT2D eigenvalue weighted by Crippen LogP contribution is 2.41. The molecule has 1 N–H and O–H groups in total. The summed E-state index contributed by atoms with van der Waals surface area (Å²) in [6, 6.07) is 2.09. The number of thiophene rings is 1. The highest BCUT2D eigenvalue weighted by Gasteiger charge is 2.51. The van der Waals surface area contributed by atoms with E-state index in [-0.39, 0.29) is 11.4 Å². The first-order valence-corrected chi connectivity index (χ1v) is 8.02. The number of carbonyl (C=O) groups is 1. The summed E-state index contributed by atoms with van der Waals surface area (Å²) in [5, 5.41) is 5.50. The number of aryl methyl sites for hydroxylation is 1. The normalized spacial score (nSPS) is 28.7. The van der Waals surface area contributed by atoms with Gasteiger partial charge in [-0.25, -0.2) is 0 Å². The maximum atomic E-state index is 12.9. The van der Waals surface area contributed by atoms with Gasteiger partial charge in [0, 0.05) is 25.2 Å². The summed E-state index contributed by atoms with van der Waals surface area (Å²) in [4.78, 5) is 15.9. The number of hydrogen-bond acceptors (Lipinski definition) is 3. The van der Waals surface area contributed by atoms with Crippen LogP contribution in [-0.2, 0) is 6.42 Å². The van der Waals surface area contributed by atoms with Crippen LogP contribution < -0.4 is 5.32 Å². The molecule has 0 spiro atoms. The van der Waals surface area contributed by atoms with E-state index in [1.165, 1.54) is 5.56 Å². The number of likely N-dealkylation sites (tertiary alicyclic amines) is 1. The molecule has 19 heavy (non-hydrogen) atoms. The average molecular weight is 278 g/mol. The van der Waals surface area contributed by atoms with Crippen molar-refractivity contribution in [3.05, 3.63) is 21.9 Å². The maximum absolute atomic E-state index is 12.9. The molecular weight excluding hydrogens is 256 g/mol. The molecule has 2 saturated heterocycles. The molecule has 2 aliphatic heterocycles. The summed E-state index contributed by atoms with van der Waals surface area (Å²) < 4.78 is 0. The minimum Gasteiger partial charge on any atom is -0.332 e. The molecule has 2 aliphatic rings. The quantitative estimate of drug-likeness (QED) is 0.901. The Morgan fingerprint density at radius 2 is 2.32 bits per heavy atom. The van der Waals surface area contributed by atoms with Gasteiger partial charge in [0.15, 0.2) is 0 Å². The van der Waals surface area contributed by atoms with E-state index in [1.807, 2.05) is 5.38 Å². The topological polar surface area (TPSA) is 32.3 Å². The highest BCUT2D eigenvalue weighted by atomic mass is 32.1. The molecule has 104 valence electrons. The largest absolute Gasteiger partial charge is 0.332 e. The van der Waals surface area contributed by atoms with Crippen molar-refractivity contribution in [2.45, 2.75) is 32.7 Å². The van der Waals surface area contributed by atoms with Crippen molar-refractivity contribution in [2.75, 3.05) is 19.6 Å². The predicted octanol–water partition coefficient (Wildman–Crippen LogP) is 2.38. The third kappa shape index (κ3) is 1.93. The predicted molar refractivity (Wildman–Crippen MR) is 78.7 cm³/mol.